The van der Waals surface area contributed by atoms with Crippen molar-refractivity contribution in [3.05, 3.63) is 30.1 Å². The molecule has 3 N–H and O–H groups in total. The van der Waals surface area contributed by atoms with Crippen LogP contribution in [-0.4, -0.2) is 29.2 Å². The Kier molecular flexibility index (Phi) is 10.0. The Balaban J connectivity index is 0.00000180. The van der Waals surface area contributed by atoms with Gasteiger partial charge < -0.3 is 11.1 Å². The Morgan fingerprint density at radius 3 is 2.80 bits per heavy atom. The number of carbonyl (C=O) groups excluding carboxylic acids is 1. The van der Waals surface area contributed by atoms with Crippen molar-refractivity contribution < 1.29 is 4.79 Å². The highest BCUT2D eigenvalue weighted by Crippen LogP contribution is 2.31. The van der Waals surface area contributed by atoms with Crippen LogP contribution in [0.2, 0.25) is 0 Å². The summed E-state index contributed by atoms with van der Waals surface area (Å²) in [6, 6.07) is 5.95. The summed E-state index contributed by atoms with van der Waals surface area (Å²) in [6.07, 6.45) is 4.20. The van der Waals surface area contributed by atoms with Gasteiger partial charge in [-0.05, 0) is 30.9 Å². The maximum atomic E-state index is 11.6. The molecular formula is C13H21Cl2N3OS. The molecule has 0 aromatic carbocycles. The molecule has 1 heterocycles. The monoisotopic (exact) mass is 337 g/mol. The SMILES string of the molecule is Cl.Cl.NC(CNC(=O)CSCc1ccccn1)C1CC1. The molecule has 1 aromatic rings. The second-order valence-electron chi connectivity index (χ2n) is 4.62. The summed E-state index contributed by atoms with van der Waals surface area (Å²) < 4.78 is 0. The van der Waals surface area contributed by atoms with Gasteiger partial charge in [0.05, 0.1) is 11.4 Å². The molecule has 20 heavy (non-hydrogen) atoms. The minimum absolute atomic E-state index is 0. The van der Waals surface area contributed by atoms with Gasteiger partial charge in [-0.25, -0.2) is 0 Å². The first kappa shape index (κ1) is 19.5. The van der Waals surface area contributed by atoms with Crippen LogP contribution in [0.15, 0.2) is 24.4 Å². The first-order chi connectivity index (χ1) is 8.75. The number of hydrogen-bond acceptors (Lipinski definition) is 4. The van der Waals surface area contributed by atoms with E-state index in [2.05, 4.69) is 10.3 Å². The number of nitrogens with zero attached hydrogens (tertiary/aromatic N) is 1. The second kappa shape index (κ2) is 10.3. The molecule has 1 atom stereocenters. The zero-order chi connectivity index (χ0) is 12.8. The van der Waals surface area contributed by atoms with Crippen molar-refractivity contribution in [1.82, 2.24) is 10.3 Å². The highest BCUT2D eigenvalue weighted by molar-refractivity contribution is 7.99. The van der Waals surface area contributed by atoms with Gasteiger partial charge in [0.2, 0.25) is 5.91 Å². The highest BCUT2D eigenvalue weighted by atomic mass is 35.5. The number of nitrogens with one attached hydrogen (secondary N) is 1. The number of pyridine rings is 1. The number of aromatic nitrogens is 1. The number of amides is 1. The van der Waals surface area contributed by atoms with E-state index in [0.717, 1.165) is 11.4 Å². The fraction of sp³-hybridized carbons (Fsp3) is 0.538. The van der Waals surface area contributed by atoms with Crippen LogP contribution < -0.4 is 11.1 Å². The summed E-state index contributed by atoms with van der Waals surface area (Å²) >= 11 is 1.57. The third-order valence-electron chi connectivity index (χ3n) is 2.97. The molecule has 0 radical (unpaired) electrons. The Hall–Kier alpha value is -0.490. The number of thioether (sulfide) groups is 1. The number of hydrogen-bond donors (Lipinski definition) is 2. The van der Waals surface area contributed by atoms with Crippen LogP contribution in [0.25, 0.3) is 0 Å². The second-order valence-corrected chi connectivity index (χ2v) is 5.60. The van der Waals surface area contributed by atoms with E-state index in [0.29, 0.717) is 18.2 Å². The van der Waals surface area contributed by atoms with E-state index in [1.165, 1.54) is 12.8 Å². The Morgan fingerprint density at radius 1 is 1.45 bits per heavy atom. The highest BCUT2D eigenvalue weighted by Gasteiger charge is 2.28. The number of halogens is 2. The lowest BCUT2D eigenvalue weighted by molar-refractivity contribution is -0.118. The Bertz CT molecular complexity index is 390. The van der Waals surface area contributed by atoms with Crippen molar-refractivity contribution in [2.45, 2.75) is 24.6 Å². The van der Waals surface area contributed by atoms with Gasteiger partial charge >= 0.3 is 0 Å². The van der Waals surface area contributed by atoms with Crippen LogP contribution in [0, 0.1) is 5.92 Å². The fourth-order valence-electron chi connectivity index (χ4n) is 1.71. The Morgan fingerprint density at radius 2 is 2.20 bits per heavy atom. The minimum atomic E-state index is 0. The molecule has 0 saturated heterocycles. The Labute approximate surface area is 136 Å². The number of rotatable bonds is 7. The molecule has 1 saturated carbocycles. The zero-order valence-corrected chi connectivity index (χ0v) is 13.6. The van der Waals surface area contributed by atoms with E-state index in [4.69, 9.17) is 5.73 Å². The first-order valence-corrected chi connectivity index (χ1v) is 7.41. The molecule has 1 fully saturated rings. The standard InChI is InChI=1S/C13H19N3OS.2ClH/c14-12(10-4-5-10)7-16-13(17)9-18-8-11-3-1-2-6-15-11;;/h1-3,6,10,12H,4-5,7-9,14H2,(H,16,17);2*1H. The smallest absolute Gasteiger partial charge is 0.230 e. The van der Waals surface area contributed by atoms with Crippen LogP contribution in [0.5, 0.6) is 0 Å². The molecule has 1 aliphatic rings. The van der Waals surface area contributed by atoms with E-state index in [-0.39, 0.29) is 36.8 Å². The predicted molar refractivity (Wildman–Crippen MR) is 88.6 cm³/mol. The number of nitrogens with two attached hydrogens (primary N) is 1. The molecule has 4 nitrogen and oxygen atoms in total. The normalized spacial score (nSPS) is 14.7. The van der Waals surface area contributed by atoms with E-state index >= 15 is 0 Å². The molecule has 1 amide bonds. The fourth-order valence-corrected chi connectivity index (χ4v) is 2.47. The summed E-state index contributed by atoms with van der Waals surface area (Å²) in [5, 5.41) is 2.88. The molecule has 1 unspecified atom stereocenters. The van der Waals surface area contributed by atoms with Crippen molar-refractivity contribution in [3.63, 3.8) is 0 Å². The molecular weight excluding hydrogens is 317 g/mol. The largest absolute Gasteiger partial charge is 0.354 e. The maximum absolute atomic E-state index is 11.6. The third kappa shape index (κ3) is 7.33. The predicted octanol–water partition coefficient (Wildman–Crippen LogP) is 2.01. The quantitative estimate of drug-likeness (QED) is 0.798. The van der Waals surface area contributed by atoms with Gasteiger partial charge in [-0.3, -0.25) is 9.78 Å². The van der Waals surface area contributed by atoms with Gasteiger partial charge in [-0.1, -0.05) is 6.07 Å². The number of carbonyl (C=O) groups is 1. The van der Waals surface area contributed by atoms with Crippen molar-refractivity contribution >= 4 is 42.5 Å². The molecule has 7 heteroatoms. The molecule has 114 valence electrons. The molecule has 0 spiro atoms. The third-order valence-corrected chi connectivity index (χ3v) is 3.94. The van der Waals surface area contributed by atoms with Gasteiger partial charge in [-0.15, -0.1) is 36.6 Å². The van der Waals surface area contributed by atoms with Crippen LogP contribution >= 0.6 is 36.6 Å². The molecule has 0 aliphatic heterocycles. The molecule has 0 bridgehead atoms. The molecule has 2 rings (SSSR count). The zero-order valence-electron chi connectivity index (χ0n) is 11.2. The van der Waals surface area contributed by atoms with Crippen molar-refractivity contribution in [2.75, 3.05) is 12.3 Å². The van der Waals surface area contributed by atoms with Gasteiger partial charge in [-0.2, -0.15) is 0 Å². The topological polar surface area (TPSA) is 68.0 Å². The summed E-state index contributed by atoms with van der Waals surface area (Å²) in [5.74, 6) is 1.93. The van der Waals surface area contributed by atoms with Crippen molar-refractivity contribution in [1.29, 1.82) is 0 Å². The average molecular weight is 338 g/mol. The summed E-state index contributed by atoms with van der Waals surface area (Å²) in [6.45, 7) is 0.605. The van der Waals surface area contributed by atoms with E-state index in [1.807, 2.05) is 18.2 Å². The van der Waals surface area contributed by atoms with E-state index < -0.39 is 0 Å². The van der Waals surface area contributed by atoms with Crippen molar-refractivity contribution in [3.8, 4) is 0 Å². The average Bonchev–Trinajstić information content (AvgIpc) is 3.21. The van der Waals surface area contributed by atoms with Crippen LogP contribution in [0.4, 0.5) is 0 Å². The van der Waals surface area contributed by atoms with Gasteiger partial charge in [0.25, 0.3) is 0 Å². The van der Waals surface area contributed by atoms with Crippen molar-refractivity contribution in [2.24, 2.45) is 11.7 Å². The lowest BCUT2D eigenvalue weighted by Crippen LogP contribution is -2.39. The summed E-state index contributed by atoms with van der Waals surface area (Å²) in [4.78, 5) is 15.8. The van der Waals surface area contributed by atoms with Gasteiger partial charge in [0.1, 0.15) is 0 Å². The van der Waals surface area contributed by atoms with Gasteiger partial charge in [0, 0.05) is 24.5 Å². The van der Waals surface area contributed by atoms with Crippen LogP contribution in [0.3, 0.4) is 0 Å². The van der Waals surface area contributed by atoms with Crippen LogP contribution in [0.1, 0.15) is 18.5 Å². The summed E-state index contributed by atoms with van der Waals surface area (Å²) in [5.41, 5.74) is 6.92. The summed E-state index contributed by atoms with van der Waals surface area (Å²) in [7, 11) is 0. The molecule has 1 aromatic heterocycles. The lowest BCUT2D eigenvalue weighted by atomic mass is 10.2. The maximum Gasteiger partial charge on any atom is 0.230 e. The van der Waals surface area contributed by atoms with Gasteiger partial charge in [0.15, 0.2) is 0 Å². The van der Waals surface area contributed by atoms with E-state index in [1.54, 1.807) is 18.0 Å². The minimum Gasteiger partial charge on any atom is -0.354 e. The van der Waals surface area contributed by atoms with E-state index in [9.17, 15) is 4.79 Å². The van der Waals surface area contributed by atoms with Crippen LogP contribution in [-0.2, 0) is 10.5 Å². The molecule has 1 aliphatic carbocycles. The lowest BCUT2D eigenvalue weighted by Gasteiger charge is -2.11. The first-order valence-electron chi connectivity index (χ1n) is 6.25.